The number of halogens is 3. The van der Waals surface area contributed by atoms with E-state index in [2.05, 4.69) is 15.6 Å². The quantitative estimate of drug-likeness (QED) is 0.298. The maximum absolute atomic E-state index is 13.4. The molecule has 2 rings (SSSR count). The lowest BCUT2D eigenvalue weighted by atomic mass is 10.0. The summed E-state index contributed by atoms with van der Waals surface area (Å²) in [5.74, 6) is -1.16. The Balaban J connectivity index is 0.00000364. The van der Waals surface area contributed by atoms with Gasteiger partial charge in [-0.1, -0.05) is 19.1 Å². The van der Waals surface area contributed by atoms with Crippen molar-refractivity contribution < 1.29 is 13.9 Å². The minimum Gasteiger partial charge on any atom is -0.383 e. The van der Waals surface area contributed by atoms with Gasteiger partial charge in [-0.3, -0.25) is 0 Å². The fourth-order valence-electron chi connectivity index (χ4n) is 2.42. The van der Waals surface area contributed by atoms with Crippen LogP contribution in [0, 0.1) is 11.6 Å². The number of hydrogen-bond acceptors (Lipinski definition) is 3. The van der Waals surface area contributed by atoms with Crippen LogP contribution in [0.4, 0.5) is 8.78 Å². The molecule has 0 saturated carbocycles. The second-order valence-electron chi connectivity index (χ2n) is 6.40. The minimum atomic E-state index is -1.04. The number of aliphatic hydroxyl groups is 1. The molecule has 0 aliphatic heterocycles. The Morgan fingerprint density at radius 1 is 1.26 bits per heavy atom. The van der Waals surface area contributed by atoms with Gasteiger partial charge >= 0.3 is 0 Å². The molecular weight excluding hydrogens is 483 g/mol. The Morgan fingerprint density at radius 3 is 2.59 bits per heavy atom. The summed E-state index contributed by atoms with van der Waals surface area (Å²) in [6.45, 7) is 6.99. The Kier molecular flexibility index (Phi) is 9.61. The van der Waals surface area contributed by atoms with Gasteiger partial charge in [0.05, 0.1) is 6.54 Å². The molecule has 2 aromatic rings. The largest absolute Gasteiger partial charge is 0.383 e. The Morgan fingerprint density at radius 2 is 2.00 bits per heavy atom. The maximum atomic E-state index is 13.4. The van der Waals surface area contributed by atoms with E-state index in [0.29, 0.717) is 24.6 Å². The lowest BCUT2D eigenvalue weighted by Crippen LogP contribution is -2.40. The summed E-state index contributed by atoms with van der Waals surface area (Å²) in [6.07, 6.45) is 0. The normalized spacial score (nSPS) is 14.8. The van der Waals surface area contributed by atoms with Gasteiger partial charge in [0.25, 0.3) is 0 Å². The summed E-state index contributed by atoms with van der Waals surface area (Å²) in [7, 11) is 0. The number of thiophene rings is 1. The van der Waals surface area contributed by atoms with E-state index in [4.69, 9.17) is 0 Å². The minimum absolute atomic E-state index is 0. The van der Waals surface area contributed by atoms with E-state index in [1.54, 1.807) is 13.0 Å². The molecule has 0 saturated heterocycles. The third-order valence-corrected chi connectivity index (χ3v) is 5.15. The van der Waals surface area contributed by atoms with Crippen molar-refractivity contribution in [3.05, 3.63) is 57.8 Å². The van der Waals surface area contributed by atoms with E-state index in [0.717, 1.165) is 10.9 Å². The smallest absolute Gasteiger partial charge is 0.191 e. The molecule has 0 bridgehead atoms. The summed E-state index contributed by atoms with van der Waals surface area (Å²) in [4.78, 5) is 5.31. The van der Waals surface area contributed by atoms with Crippen LogP contribution in [0.25, 0.3) is 0 Å². The van der Waals surface area contributed by atoms with Gasteiger partial charge in [-0.2, -0.15) is 0 Å². The lowest BCUT2D eigenvalue weighted by Gasteiger charge is -2.21. The van der Waals surface area contributed by atoms with Crippen LogP contribution in [-0.2, 0) is 5.60 Å². The van der Waals surface area contributed by atoms with Crippen LogP contribution in [0.5, 0.6) is 0 Å². The maximum Gasteiger partial charge on any atom is 0.191 e. The van der Waals surface area contributed by atoms with Crippen LogP contribution in [0.3, 0.4) is 0 Å². The Labute approximate surface area is 180 Å². The van der Waals surface area contributed by atoms with Crippen molar-refractivity contribution in [2.45, 2.75) is 32.3 Å². The first kappa shape index (κ1) is 23.8. The zero-order chi connectivity index (χ0) is 19.2. The van der Waals surface area contributed by atoms with Gasteiger partial charge in [-0.15, -0.1) is 35.3 Å². The van der Waals surface area contributed by atoms with Crippen LogP contribution in [-0.4, -0.2) is 30.7 Å². The molecule has 3 N–H and O–H groups in total. The van der Waals surface area contributed by atoms with E-state index in [-0.39, 0.29) is 36.4 Å². The molecule has 0 aliphatic rings. The van der Waals surface area contributed by atoms with E-state index >= 15 is 0 Å². The molecule has 1 aromatic heterocycles. The lowest BCUT2D eigenvalue weighted by molar-refractivity contribution is 0.0711. The number of benzene rings is 1. The first-order valence-corrected chi connectivity index (χ1v) is 9.45. The molecule has 0 aliphatic carbocycles. The van der Waals surface area contributed by atoms with E-state index < -0.39 is 17.2 Å². The van der Waals surface area contributed by atoms with Gasteiger partial charge < -0.3 is 15.7 Å². The summed E-state index contributed by atoms with van der Waals surface area (Å²) in [5, 5.41) is 18.8. The third kappa shape index (κ3) is 7.00. The van der Waals surface area contributed by atoms with Crippen molar-refractivity contribution in [3.8, 4) is 0 Å². The predicted octanol–water partition coefficient (Wildman–Crippen LogP) is 4.21. The summed E-state index contributed by atoms with van der Waals surface area (Å²) >= 11 is 1.49. The van der Waals surface area contributed by atoms with Crippen molar-refractivity contribution in [1.29, 1.82) is 0 Å². The topological polar surface area (TPSA) is 56.7 Å². The zero-order valence-corrected chi connectivity index (χ0v) is 18.8. The van der Waals surface area contributed by atoms with Gasteiger partial charge in [0.1, 0.15) is 5.60 Å². The molecule has 2 atom stereocenters. The van der Waals surface area contributed by atoms with Gasteiger partial charge in [0.2, 0.25) is 0 Å². The molecular formula is C19H26F2IN3OS. The Hall–Kier alpha value is -1.26. The highest BCUT2D eigenvalue weighted by molar-refractivity contribution is 14.0. The number of hydrogen-bond donors (Lipinski definition) is 3. The van der Waals surface area contributed by atoms with Crippen LogP contribution in [0.1, 0.15) is 37.1 Å². The molecule has 8 heteroatoms. The molecule has 0 amide bonds. The highest BCUT2D eigenvalue weighted by Crippen LogP contribution is 2.25. The van der Waals surface area contributed by atoms with Gasteiger partial charge in [0.15, 0.2) is 17.6 Å². The first-order valence-electron chi connectivity index (χ1n) is 8.57. The number of rotatable bonds is 7. The average Bonchev–Trinajstić information content (AvgIpc) is 3.15. The molecule has 2 unspecified atom stereocenters. The van der Waals surface area contributed by atoms with Crippen LogP contribution >= 0.6 is 35.3 Å². The molecule has 27 heavy (non-hydrogen) atoms. The summed E-state index contributed by atoms with van der Waals surface area (Å²) in [5.41, 5.74) is -0.333. The fraction of sp³-hybridized carbons (Fsp3) is 0.421. The average molecular weight is 509 g/mol. The molecule has 4 nitrogen and oxygen atoms in total. The molecule has 0 spiro atoms. The van der Waals surface area contributed by atoms with Crippen LogP contribution < -0.4 is 10.6 Å². The zero-order valence-electron chi connectivity index (χ0n) is 15.6. The third-order valence-electron chi connectivity index (χ3n) is 4.03. The van der Waals surface area contributed by atoms with Crippen molar-refractivity contribution in [2.75, 3.05) is 19.6 Å². The number of nitrogens with zero attached hydrogens (tertiary/aromatic N) is 1. The highest BCUT2D eigenvalue weighted by Gasteiger charge is 2.24. The van der Waals surface area contributed by atoms with Gasteiger partial charge in [-0.05, 0) is 48.9 Å². The van der Waals surface area contributed by atoms with Crippen LogP contribution in [0.15, 0.2) is 40.7 Å². The van der Waals surface area contributed by atoms with Gasteiger partial charge in [-0.25, -0.2) is 13.8 Å². The van der Waals surface area contributed by atoms with E-state index in [1.807, 2.05) is 31.4 Å². The molecule has 0 radical (unpaired) electrons. The number of nitrogens with one attached hydrogen (secondary N) is 2. The molecule has 0 fully saturated rings. The number of aliphatic imine (C=N–C) groups is 1. The predicted molar refractivity (Wildman–Crippen MR) is 118 cm³/mol. The monoisotopic (exact) mass is 509 g/mol. The fourth-order valence-corrected chi connectivity index (χ4v) is 3.20. The standard InChI is InChI=1S/C19H25F2N3OS.HI/c1-4-22-18(24-12-19(3,25)17-6-5-9-26-17)23-11-13(2)14-7-8-15(20)16(21)10-14;/h5-10,13,25H,4,11-12H2,1-3H3,(H2,22,23,24);1H. The Bertz CT molecular complexity index is 739. The van der Waals surface area contributed by atoms with Crippen molar-refractivity contribution in [1.82, 2.24) is 10.6 Å². The second-order valence-corrected chi connectivity index (χ2v) is 7.35. The highest BCUT2D eigenvalue weighted by atomic mass is 127. The van der Waals surface area contributed by atoms with E-state index in [1.165, 1.54) is 17.4 Å². The summed E-state index contributed by atoms with van der Waals surface area (Å²) in [6, 6.07) is 7.71. The number of guanidine groups is 1. The first-order chi connectivity index (χ1) is 12.3. The van der Waals surface area contributed by atoms with Crippen molar-refractivity contribution in [2.24, 2.45) is 4.99 Å². The molecule has 1 heterocycles. The van der Waals surface area contributed by atoms with Crippen LogP contribution in [0.2, 0.25) is 0 Å². The summed E-state index contributed by atoms with van der Waals surface area (Å²) < 4.78 is 26.5. The second kappa shape index (κ2) is 10.9. The molecule has 1 aromatic carbocycles. The SMILES string of the molecule is CCNC(=NCC(C)(O)c1cccs1)NCC(C)c1ccc(F)c(F)c1.I. The van der Waals surface area contributed by atoms with Gasteiger partial charge in [0, 0.05) is 18.0 Å². The van der Waals surface area contributed by atoms with Crippen molar-refractivity contribution >= 4 is 41.3 Å². The molecule has 150 valence electrons. The van der Waals surface area contributed by atoms with E-state index in [9.17, 15) is 13.9 Å². The van der Waals surface area contributed by atoms with Crippen molar-refractivity contribution in [3.63, 3.8) is 0 Å².